The molecule has 0 atom stereocenters. The number of furan rings is 1. The van der Waals surface area contributed by atoms with Gasteiger partial charge in [0.15, 0.2) is 0 Å². The van der Waals surface area contributed by atoms with Crippen molar-refractivity contribution in [3.8, 4) is 28.3 Å². The Morgan fingerprint density at radius 2 is 1.30 bits per heavy atom. The quantitative estimate of drug-likeness (QED) is 0.157. The normalized spacial score (nSPS) is 13.2. The molecule has 0 fully saturated rings. The molecule has 0 saturated carbocycles. The van der Waals surface area contributed by atoms with Crippen molar-refractivity contribution in [1.82, 2.24) is 4.57 Å². The van der Waals surface area contributed by atoms with Crippen LogP contribution >= 0.6 is 0 Å². The van der Waals surface area contributed by atoms with Gasteiger partial charge in [0, 0.05) is 39.3 Å². The summed E-state index contributed by atoms with van der Waals surface area (Å²) >= 11 is 0. The van der Waals surface area contributed by atoms with E-state index in [2.05, 4.69) is 201 Å². The number of fused-ring (bicyclic) bond motifs is 10. The van der Waals surface area contributed by atoms with Gasteiger partial charge in [0.2, 0.25) is 0 Å². The first kappa shape index (κ1) is 35.9. The number of ether oxygens (including phenoxy) is 1. The van der Waals surface area contributed by atoms with E-state index in [4.69, 9.17) is 9.15 Å². The molecule has 0 unspecified atom stereocenters. The van der Waals surface area contributed by atoms with Gasteiger partial charge in [-0.25, -0.2) is 0 Å². The second-order valence-corrected chi connectivity index (χ2v) is 17.9. The minimum atomic E-state index is -0.141. The van der Waals surface area contributed by atoms with E-state index >= 15 is 0 Å². The smallest absolute Gasteiger partial charge is 0.256 e. The lowest BCUT2D eigenvalue weighted by molar-refractivity contribution is 0.483. The molecule has 8 aromatic carbocycles. The maximum atomic E-state index is 7.32. The molecule has 0 aliphatic carbocycles. The topological polar surface area (TPSA) is 30.5 Å². The zero-order valence-corrected chi connectivity index (χ0v) is 35.0. The SMILES string of the molecule is CCCCc1ccc2oc3ccccc3c2c1N1c2ccc(-c3ccccc3)cc2B2c3ccc(-n4c5ccccc5c5ccccc54)cc3Oc3cc(C(C)(C)C)cc1c32. The van der Waals surface area contributed by atoms with Crippen molar-refractivity contribution < 1.29 is 9.15 Å². The van der Waals surface area contributed by atoms with Gasteiger partial charge >= 0.3 is 0 Å². The van der Waals surface area contributed by atoms with Gasteiger partial charge in [-0.15, -0.1) is 0 Å². The van der Waals surface area contributed by atoms with E-state index < -0.39 is 0 Å². The Balaban J connectivity index is 1.16. The highest BCUT2D eigenvalue weighted by atomic mass is 16.5. The number of nitrogens with zero attached hydrogens (tertiary/aromatic N) is 2. The zero-order chi connectivity index (χ0) is 41.0. The van der Waals surface area contributed by atoms with Gasteiger partial charge in [-0.05, 0) is 105 Å². The van der Waals surface area contributed by atoms with Crippen molar-refractivity contribution >= 4 is 83.9 Å². The fourth-order valence-electron chi connectivity index (χ4n) is 10.2. The van der Waals surface area contributed by atoms with Gasteiger partial charge < -0.3 is 18.6 Å². The van der Waals surface area contributed by atoms with Crippen LogP contribution in [0.1, 0.15) is 51.7 Å². The van der Waals surface area contributed by atoms with Gasteiger partial charge in [0.05, 0.1) is 22.1 Å². The van der Waals surface area contributed by atoms with Crippen molar-refractivity contribution in [1.29, 1.82) is 0 Å². The summed E-state index contributed by atoms with van der Waals surface area (Å²) in [5.74, 6) is 1.81. The lowest BCUT2D eigenvalue weighted by Crippen LogP contribution is -2.59. The molecule has 294 valence electrons. The van der Waals surface area contributed by atoms with Crippen LogP contribution in [-0.2, 0) is 11.8 Å². The van der Waals surface area contributed by atoms with Crippen molar-refractivity contribution in [2.24, 2.45) is 0 Å². The largest absolute Gasteiger partial charge is 0.458 e. The van der Waals surface area contributed by atoms with Crippen LogP contribution in [0.4, 0.5) is 17.1 Å². The fraction of sp³-hybridized carbons (Fsp3) is 0.143. The Bertz CT molecular complexity index is 3330. The third-order valence-electron chi connectivity index (χ3n) is 13.2. The maximum Gasteiger partial charge on any atom is 0.256 e. The number of benzene rings is 8. The lowest BCUT2D eigenvalue weighted by Gasteiger charge is -2.42. The molecule has 0 radical (unpaired) electrons. The van der Waals surface area contributed by atoms with Crippen LogP contribution in [0.15, 0.2) is 168 Å². The number of rotatable bonds is 6. The standard InChI is InChI=1S/C56H45BN2O2/c1-5-6-16-36-26-30-50-53(42-21-12-15-24-49(42)60-50)55(36)59-47-29-25-37(35-17-8-7-9-18-35)31-44(47)57-43-28-27-39(58-45-22-13-10-19-40(45)41-20-11-14-23-46(41)58)34-51(43)61-52-33-38(56(2,3)4)32-48(59)54(52)57/h7-15,17-34H,5-6,16H2,1-4H3. The van der Waals surface area contributed by atoms with E-state index in [9.17, 15) is 0 Å². The molecule has 0 N–H and O–H groups in total. The van der Waals surface area contributed by atoms with Crippen LogP contribution in [0.5, 0.6) is 11.5 Å². The molecule has 4 nitrogen and oxygen atoms in total. The molecule has 0 saturated heterocycles. The minimum Gasteiger partial charge on any atom is -0.458 e. The van der Waals surface area contributed by atoms with Crippen LogP contribution in [0, 0.1) is 0 Å². The second-order valence-electron chi connectivity index (χ2n) is 17.9. The van der Waals surface area contributed by atoms with Crippen molar-refractivity contribution in [3.05, 3.63) is 175 Å². The van der Waals surface area contributed by atoms with E-state index in [0.717, 1.165) is 58.4 Å². The number of para-hydroxylation sites is 3. The van der Waals surface area contributed by atoms with Gasteiger partial charge in [0.1, 0.15) is 22.7 Å². The molecule has 0 spiro atoms. The van der Waals surface area contributed by atoms with Crippen molar-refractivity contribution in [3.63, 3.8) is 0 Å². The van der Waals surface area contributed by atoms with E-state index in [1.54, 1.807) is 0 Å². The molecule has 10 aromatic rings. The fourth-order valence-corrected chi connectivity index (χ4v) is 10.2. The molecule has 2 aliphatic heterocycles. The average molecular weight is 789 g/mol. The summed E-state index contributed by atoms with van der Waals surface area (Å²) in [6, 6.07) is 60.0. The number of hydrogen-bond acceptors (Lipinski definition) is 3. The number of hydrogen-bond donors (Lipinski definition) is 0. The summed E-state index contributed by atoms with van der Waals surface area (Å²) in [6.07, 6.45) is 3.17. The summed E-state index contributed by atoms with van der Waals surface area (Å²) in [7, 11) is 0. The zero-order valence-electron chi connectivity index (χ0n) is 35.0. The van der Waals surface area contributed by atoms with Crippen molar-refractivity contribution in [2.75, 3.05) is 4.90 Å². The molecular formula is C56H45BN2O2. The van der Waals surface area contributed by atoms with Crippen LogP contribution < -0.4 is 26.0 Å². The molecule has 2 aliphatic rings. The summed E-state index contributed by atoms with van der Waals surface area (Å²) in [6.45, 7) is 9.13. The number of aryl methyl sites for hydroxylation is 1. The van der Waals surface area contributed by atoms with E-state index in [0.29, 0.717) is 0 Å². The minimum absolute atomic E-state index is 0.0655. The van der Waals surface area contributed by atoms with Gasteiger partial charge in [-0.3, -0.25) is 0 Å². The Kier molecular flexibility index (Phi) is 7.96. The van der Waals surface area contributed by atoms with Crippen LogP contribution in [0.25, 0.3) is 60.6 Å². The molecular weight excluding hydrogens is 743 g/mol. The first-order valence-corrected chi connectivity index (χ1v) is 21.8. The van der Waals surface area contributed by atoms with Gasteiger partial charge in [-0.1, -0.05) is 143 Å². The van der Waals surface area contributed by atoms with Crippen molar-refractivity contribution in [2.45, 2.75) is 52.4 Å². The molecule has 12 rings (SSSR count). The average Bonchev–Trinajstić information content (AvgIpc) is 3.84. The van der Waals surface area contributed by atoms with Crippen LogP contribution in [0.3, 0.4) is 0 Å². The monoisotopic (exact) mass is 788 g/mol. The third kappa shape index (κ3) is 5.46. The summed E-state index contributed by atoms with van der Waals surface area (Å²) in [5, 5.41) is 4.78. The first-order valence-electron chi connectivity index (χ1n) is 21.8. The molecule has 61 heavy (non-hydrogen) atoms. The predicted molar refractivity (Wildman–Crippen MR) is 257 cm³/mol. The summed E-state index contributed by atoms with van der Waals surface area (Å²) in [4.78, 5) is 2.57. The van der Waals surface area contributed by atoms with Crippen LogP contribution in [0.2, 0.25) is 0 Å². The first-order chi connectivity index (χ1) is 29.9. The Morgan fingerprint density at radius 3 is 2.05 bits per heavy atom. The number of unbranched alkanes of at least 4 members (excludes halogenated alkanes) is 1. The Hall–Kier alpha value is -6.98. The Labute approximate surface area is 356 Å². The second kappa shape index (κ2) is 13.5. The van der Waals surface area contributed by atoms with Crippen LogP contribution in [-0.4, -0.2) is 11.3 Å². The summed E-state index contributed by atoms with van der Waals surface area (Å²) in [5.41, 5.74) is 17.3. The Morgan fingerprint density at radius 1 is 0.574 bits per heavy atom. The predicted octanol–water partition coefficient (Wildman–Crippen LogP) is 13.4. The highest BCUT2D eigenvalue weighted by Gasteiger charge is 2.44. The molecule has 0 bridgehead atoms. The summed E-state index contributed by atoms with van der Waals surface area (Å²) < 4.78 is 16.3. The number of anilines is 3. The van der Waals surface area contributed by atoms with Gasteiger partial charge in [0.25, 0.3) is 6.71 Å². The van der Waals surface area contributed by atoms with E-state index in [-0.39, 0.29) is 12.1 Å². The molecule has 4 heterocycles. The molecule has 2 aromatic heterocycles. The molecule has 5 heteroatoms. The lowest BCUT2D eigenvalue weighted by atomic mass is 9.34. The highest BCUT2D eigenvalue weighted by molar-refractivity contribution is 6.99. The van der Waals surface area contributed by atoms with E-state index in [1.165, 1.54) is 77.5 Å². The maximum absolute atomic E-state index is 7.32. The number of aromatic nitrogens is 1. The van der Waals surface area contributed by atoms with E-state index in [1.807, 2.05) is 0 Å². The third-order valence-corrected chi connectivity index (χ3v) is 13.2. The molecule has 0 amide bonds. The van der Waals surface area contributed by atoms with Gasteiger partial charge in [-0.2, -0.15) is 0 Å². The highest BCUT2D eigenvalue weighted by Crippen LogP contribution is 2.49.